The van der Waals surface area contributed by atoms with Gasteiger partial charge < -0.3 is 10.1 Å². The highest BCUT2D eigenvalue weighted by atomic mass is 16.5. The van der Waals surface area contributed by atoms with Crippen LogP contribution < -0.4 is 10.1 Å². The summed E-state index contributed by atoms with van der Waals surface area (Å²) in [5.41, 5.74) is 5.16. The summed E-state index contributed by atoms with van der Waals surface area (Å²) < 4.78 is 7.48. The zero-order chi connectivity index (χ0) is 19.3. The molecule has 1 heterocycles. The Morgan fingerprint density at radius 3 is 2.68 bits per heavy atom. The average Bonchev–Trinajstić information content (AvgIpc) is 3.35. The minimum atomic E-state index is -0.115. The van der Waals surface area contributed by atoms with E-state index in [0.29, 0.717) is 18.7 Å². The van der Waals surface area contributed by atoms with E-state index >= 15 is 0 Å². The summed E-state index contributed by atoms with van der Waals surface area (Å²) >= 11 is 0. The lowest BCUT2D eigenvalue weighted by molar-refractivity contribution is 0.0950. The normalized spacial score (nSPS) is 12.4. The van der Waals surface area contributed by atoms with E-state index in [1.165, 1.54) is 11.3 Å². The summed E-state index contributed by atoms with van der Waals surface area (Å²) in [6.07, 6.45) is 4.86. The molecule has 1 amide bonds. The number of hydrogen-bond donors (Lipinski definition) is 1. The summed E-state index contributed by atoms with van der Waals surface area (Å²) in [7, 11) is 0. The molecule has 0 aliphatic heterocycles. The number of para-hydroxylation sites is 1. The number of amides is 1. The van der Waals surface area contributed by atoms with Crippen LogP contribution in [0.5, 0.6) is 5.75 Å². The highest BCUT2D eigenvalue weighted by Crippen LogP contribution is 2.27. The molecule has 2 aromatic carbocycles. The molecule has 0 atom stereocenters. The molecule has 28 heavy (non-hydrogen) atoms. The summed E-state index contributed by atoms with van der Waals surface area (Å²) in [4.78, 5) is 12.5. The lowest BCUT2D eigenvalue weighted by Gasteiger charge is -2.07. The number of rotatable bonds is 7. The summed E-state index contributed by atoms with van der Waals surface area (Å²) in [6.45, 7) is 4.50. The Kier molecular flexibility index (Phi) is 5.24. The third-order valence-electron chi connectivity index (χ3n) is 4.91. The smallest absolute Gasteiger partial charge is 0.251 e. The van der Waals surface area contributed by atoms with Gasteiger partial charge in [0.1, 0.15) is 12.4 Å². The molecule has 0 unspecified atom stereocenters. The average molecular weight is 373 g/mol. The Morgan fingerprint density at radius 1 is 1.14 bits per heavy atom. The maximum absolute atomic E-state index is 12.5. The van der Waals surface area contributed by atoms with Crippen molar-refractivity contribution < 1.29 is 9.53 Å². The maximum Gasteiger partial charge on any atom is 0.251 e. The van der Waals surface area contributed by atoms with Crippen molar-refractivity contribution in [3.8, 4) is 11.4 Å². The van der Waals surface area contributed by atoms with Crippen molar-refractivity contribution in [1.82, 2.24) is 15.1 Å². The van der Waals surface area contributed by atoms with Gasteiger partial charge in [0.15, 0.2) is 0 Å². The highest BCUT2D eigenvalue weighted by molar-refractivity contribution is 5.94. The second-order valence-electron chi connectivity index (χ2n) is 6.78. The molecular formula is C23H23N3O2. The lowest BCUT2D eigenvalue weighted by atomic mass is 10.2. The van der Waals surface area contributed by atoms with Crippen LogP contribution in [0.2, 0.25) is 0 Å². The number of nitrogens with zero attached hydrogens (tertiary/aromatic N) is 2. The Hall–Kier alpha value is -3.34. The summed E-state index contributed by atoms with van der Waals surface area (Å²) in [6, 6.07) is 17.3. The predicted octanol–water partition coefficient (Wildman–Crippen LogP) is 3.86. The fraction of sp³-hybridized carbons (Fsp3) is 0.217. The van der Waals surface area contributed by atoms with E-state index in [2.05, 4.69) is 24.0 Å². The van der Waals surface area contributed by atoms with Gasteiger partial charge in [0.25, 0.3) is 5.91 Å². The fourth-order valence-corrected chi connectivity index (χ4v) is 3.56. The molecule has 142 valence electrons. The van der Waals surface area contributed by atoms with Gasteiger partial charge in [-0.15, -0.1) is 0 Å². The Bertz CT molecular complexity index is 975. The van der Waals surface area contributed by atoms with Crippen LogP contribution in [0.3, 0.4) is 0 Å². The van der Waals surface area contributed by atoms with E-state index in [1.807, 2.05) is 22.9 Å². The van der Waals surface area contributed by atoms with Crippen LogP contribution in [0.1, 0.15) is 33.7 Å². The zero-order valence-electron chi connectivity index (χ0n) is 15.7. The van der Waals surface area contributed by atoms with E-state index in [-0.39, 0.29) is 5.91 Å². The minimum absolute atomic E-state index is 0.115. The standard InChI is InChI=1S/C23H23N3O2/c1-2-15-28-19-13-11-17(12-14-19)23(27)24-16-21-20-9-6-10-22(20)26(25-21)18-7-4-3-5-8-18/h2-5,7-8,11-14H,1,6,9-10,15-16H2,(H,24,27). The monoisotopic (exact) mass is 373 g/mol. The highest BCUT2D eigenvalue weighted by Gasteiger charge is 2.23. The number of fused-ring (bicyclic) bond motifs is 1. The third kappa shape index (κ3) is 3.69. The topological polar surface area (TPSA) is 56.1 Å². The second kappa shape index (κ2) is 8.13. The van der Waals surface area contributed by atoms with Crippen molar-refractivity contribution in [2.24, 2.45) is 0 Å². The molecule has 1 N–H and O–H groups in total. The molecule has 5 heteroatoms. The van der Waals surface area contributed by atoms with Gasteiger partial charge in [-0.2, -0.15) is 5.10 Å². The van der Waals surface area contributed by atoms with Crippen LogP contribution in [-0.2, 0) is 19.4 Å². The summed E-state index contributed by atoms with van der Waals surface area (Å²) in [5.74, 6) is 0.604. The Morgan fingerprint density at radius 2 is 1.93 bits per heavy atom. The maximum atomic E-state index is 12.5. The molecule has 0 fully saturated rings. The molecule has 0 spiro atoms. The molecule has 1 aromatic heterocycles. The van der Waals surface area contributed by atoms with Gasteiger partial charge in [0, 0.05) is 11.3 Å². The molecular weight excluding hydrogens is 350 g/mol. The fourth-order valence-electron chi connectivity index (χ4n) is 3.56. The van der Waals surface area contributed by atoms with E-state index in [4.69, 9.17) is 9.84 Å². The van der Waals surface area contributed by atoms with Crippen LogP contribution in [0.15, 0.2) is 67.3 Å². The molecule has 0 radical (unpaired) electrons. The van der Waals surface area contributed by atoms with Crippen LogP contribution in [0.4, 0.5) is 0 Å². The number of hydrogen-bond acceptors (Lipinski definition) is 3. The van der Waals surface area contributed by atoms with Crippen molar-refractivity contribution in [3.63, 3.8) is 0 Å². The molecule has 1 aliphatic rings. The largest absolute Gasteiger partial charge is 0.490 e. The van der Waals surface area contributed by atoms with Crippen molar-refractivity contribution >= 4 is 5.91 Å². The first kappa shape index (κ1) is 18.0. The Labute approximate surface area is 164 Å². The van der Waals surface area contributed by atoms with Gasteiger partial charge in [0.2, 0.25) is 0 Å². The van der Waals surface area contributed by atoms with Crippen molar-refractivity contribution in [2.45, 2.75) is 25.8 Å². The quantitative estimate of drug-likeness (QED) is 0.640. The first-order valence-corrected chi connectivity index (χ1v) is 9.53. The number of ether oxygens (including phenoxy) is 1. The van der Waals surface area contributed by atoms with Crippen LogP contribution in [0, 0.1) is 0 Å². The molecule has 0 saturated heterocycles. The van der Waals surface area contributed by atoms with E-state index in [1.54, 1.807) is 30.3 Å². The van der Waals surface area contributed by atoms with E-state index < -0.39 is 0 Å². The van der Waals surface area contributed by atoms with Gasteiger partial charge in [-0.1, -0.05) is 30.9 Å². The summed E-state index contributed by atoms with van der Waals surface area (Å²) in [5, 5.41) is 7.79. The van der Waals surface area contributed by atoms with Crippen molar-refractivity contribution in [2.75, 3.05) is 6.61 Å². The van der Waals surface area contributed by atoms with Gasteiger partial charge in [-0.05, 0) is 61.2 Å². The molecule has 1 aliphatic carbocycles. The number of benzene rings is 2. The third-order valence-corrected chi connectivity index (χ3v) is 4.91. The van der Waals surface area contributed by atoms with Gasteiger partial charge in [0.05, 0.1) is 17.9 Å². The van der Waals surface area contributed by atoms with E-state index in [9.17, 15) is 4.79 Å². The van der Waals surface area contributed by atoms with E-state index in [0.717, 1.165) is 36.4 Å². The van der Waals surface area contributed by atoms with Crippen LogP contribution >= 0.6 is 0 Å². The van der Waals surface area contributed by atoms with Gasteiger partial charge in [-0.3, -0.25) is 4.79 Å². The van der Waals surface area contributed by atoms with Crippen LogP contribution in [0.25, 0.3) is 5.69 Å². The predicted molar refractivity (Wildman–Crippen MR) is 109 cm³/mol. The lowest BCUT2D eigenvalue weighted by Crippen LogP contribution is -2.23. The molecule has 0 bridgehead atoms. The molecule has 0 saturated carbocycles. The minimum Gasteiger partial charge on any atom is -0.490 e. The number of carbonyl (C=O) groups excluding carboxylic acids is 1. The van der Waals surface area contributed by atoms with Crippen LogP contribution in [-0.4, -0.2) is 22.3 Å². The van der Waals surface area contributed by atoms with Gasteiger partial charge >= 0.3 is 0 Å². The van der Waals surface area contributed by atoms with Crippen molar-refractivity contribution in [3.05, 3.63) is 89.8 Å². The molecule has 5 nitrogen and oxygen atoms in total. The zero-order valence-corrected chi connectivity index (χ0v) is 15.7. The number of aromatic nitrogens is 2. The molecule has 4 rings (SSSR count). The second-order valence-corrected chi connectivity index (χ2v) is 6.78. The molecule has 3 aromatic rings. The van der Waals surface area contributed by atoms with Crippen molar-refractivity contribution in [1.29, 1.82) is 0 Å². The number of carbonyl (C=O) groups is 1. The van der Waals surface area contributed by atoms with Gasteiger partial charge in [-0.25, -0.2) is 4.68 Å². The Balaban J connectivity index is 1.46. The SMILES string of the molecule is C=CCOc1ccc(C(=O)NCc2nn(-c3ccccc3)c3c2CCC3)cc1. The first-order valence-electron chi connectivity index (χ1n) is 9.53. The number of nitrogens with one attached hydrogen (secondary N) is 1. The first-order chi connectivity index (χ1) is 13.8.